The number of fused-ring (bicyclic) bond motifs is 1. The summed E-state index contributed by atoms with van der Waals surface area (Å²) in [6, 6.07) is 10.5. The van der Waals surface area contributed by atoms with Crippen LogP contribution >= 0.6 is 11.8 Å². The van der Waals surface area contributed by atoms with E-state index in [4.69, 9.17) is 0 Å². The van der Waals surface area contributed by atoms with Crippen molar-refractivity contribution in [2.45, 2.75) is 37.1 Å². The molecule has 1 N–H and O–H groups in total. The number of nitrogens with zero attached hydrogens (tertiary/aromatic N) is 1. The number of benzene rings is 1. The van der Waals surface area contributed by atoms with Crippen molar-refractivity contribution in [1.29, 1.82) is 0 Å². The van der Waals surface area contributed by atoms with Gasteiger partial charge in [-0.2, -0.15) is 0 Å². The number of aryl methyl sites for hydroxylation is 2. The second kappa shape index (κ2) is 6.97. The lowest BCUT2D eigenvalue weighted by atomic mass is 10.1. The zero-order chi connectivity index (χ0) is 15.4. The first kappa shape index (κ1) is 15.1. The van der Waals surface area contributed by atoms with Gasteiger partial charge in [-0.25, -0.2) is 0 Å². The number of carbonyl (C=O) groups excluding carboxylic acids is 1. The van der Waals surface area contributed by atoms with Crippen LogP contribution in [0.1, 0.15) is 36.1 Å². The number of aromatic nitrogens is 1. The minimum Gasteiger partial charge on any atom is -0.349 e. The number of pyridine rings is 1. The molecule has 0 aliphatic heterocycles. The molecular weight excluding hydrogens is 292 g/mol. The third-order valence-electron chi connectivity index (χ3n) is 4.02. The smallest absolute Gasteiger partial charge is 0.230 e. The molecule has 1 heterocycles. The Bertz CT molecular complexity index is 657. The molecular formula is C18H20N2OS. The maximum absolute atomic E-state index is 12.1. The van der Waals surface area contributed by atoms with Gasteiger partial charge in [0.25, 0.3) is 0 Å². The van der Waals surface area contributed by atoms with Crippen LogP contribution in [0, 0.1) is 0 Å². The molecule has 1 aromatic carbocycles. The van der Waals surface area contributed by atoms with E-state index in [1.165, 1.54) is 35.3 Å². The predicted octanol–water partition coefficient (Wildman–Crippen LogP) is 3.54. The van der Waals surface area contributed by atoms with E-state index in [-0.39, 0.29) is 11.9 Å². The number of rotatable bonds is 5. The quantitative estimate of drug-likeness (QED) is 0.859. The molecule has 0 saturated carbocycles. The summed E-state index contributed by atoms with van der Waals surface area (Å²) >= 11 is 1.61. The van der Waals surface area contributed by atoms with E-state index in [2.05, 4.69) is 28.5 Å². The van der Waals surface area contributed by atoms with Crippen molar-refractivity contribution in [3.63, 3.8) is 0 Å². The van der Waals surface area contributed by atoms with Crippen molar-refractivity contribution in [2.24, 2.45) is 0 Å². The molecule has 3 nitrogen and oxygen atoms in total. The largest absolute Gasteiger partial charge is 0.349 e. The number of nitrogens with one attached hydrogen (secondary N) is 1. The summed E-state index contributed by atoms with van der Waals surface area (Å²) in [6.45, 7) is 1.99. The van der Waals surface area contributed by atoms with E-state index >= 15 is 0 Å². The number of thioether (sulfide) groups is 1. The van der Waals surface area contributed by atoms with Gasteiger partial charge in [0.05, 0.1) is 11.8 Å². The molecule has 1 unspecified atom stereocenters. The molecule has 1 aromatic heterocycles. The Kier molecular flexibility index (Phi) is 4.78. The van der Waals surface area contributed by atoms with Crippen LogP contribution < -0.4 is 5.32 Å². The van der Waals surface area contributed by atoms with Gasteiger partial charge in [0.1, 0.15) is 0 Å². The molecule has 0 spiro atoms. The van der Waals surface area contributed by atoms with Crippen LogP contribution in [0.4, 0.5) is 0 Å². The van der Waals surface area contributed by atoms with Crippen molar-refractivity contribution >= 4 is 17.7 Å². The average molecular weight is 312 g/mol. The topological polar surface area (TPSA) is 42.0 Å². The summed E-state index contributed by atoms with van der Waals surface area (Å²) < 4.78 is 0. The van der Waals surface area contributed by atoms with Crippen LogP contribution in [0.25, 0.3) is 0 Å². The second-order valence-electron chi connectivity index (χ2n) is 5.64. The summed E-state index contributed by atoms with van der Waals surface area (Å²) in [5.74, 6) is 0.517. The zero-order valence-corrected chi connectivity index (χ0v) is 13.5. The van der Waals surface area contributed by atoms with Crippen LogP contribution in [0.15, 0.2) is 47.6 Å². The third-order valence-corrected chi connectivity index (χ3v) is 5.02. The standard InChI is InChI=1S/C18H20N2OS/c1-13(14-7-9-19-10-8-14)20-18(21)12-22-17-6-5-15-3-2-4-16(15)11-17/h5-11,13H,2-4,12H2,1H3,(H,20,21). The first-order valence-corrected chi connectivity index (χ1v) is 8.65. The fourth-order valence-electron chi connectivity index (χ4n) is 2.81. The van der Waals surface area contributed by atoms with Gasteiger partial charge in [-0.15, -0.1) is 11.8 Å². The Balaban J connectivity index is 1.52. The van der Waals surface area contributed by atoms with E-state index < -0.39 is 0 Å². The van der Waals surface area contributed by atoms with Crippen LogP contribution in [-0.2, 0) is 17.6 Å². The molecule has 1 aliphatic rings. The molecule has 114 valence electrons. The van der Waals surface area contributed by atoms with Crippen molar-refractivity contribution in [3.05, 3.63) is 59.4 Å². The van der Waals surface area contributed by atoms with Gasteiger partial charge < -0.3 is 5.32 Å². The lowest BCUT2D eigenvalue weighted by molar-refractivity contribution is -0.119. The fraction of sp³-hybridized carbons (Fsp3) is 0.333. The molecule has 22 heavy (non-hydrogen) atoms. The highest BCUT2D eigenvalue weighted by atomic mass is 32.2. The average Bonchev–Trinajstić information content (AvgIpc) is 3.01. The molecule has 0 fully saturated rings. The minimum atomic E-state index is 0.0103. The molecule has 2 aromatic rings. The highest BCUT2D eigenvalue weighted by Crippen LogP contribution is 2.27. The fourth-order valence-corrected chi connectivity index (χ4v) is 3.58. The molecule has 0 radical (unpaired) electrons. The first-order chi connectivity index (χ1) is 10.7. The van der Waals surface area contributed by atoms with Crippen LogP contribution in [0.5, 0.6) is 0 Å². The van der Waals surface area contributed by atoms with Crippen molar-refractivity contribution in [2.75, 3.05) is 5.75 Å². The van der Waals surface area contributed by atoms with E-state index in [1.807, 2.05) is 19.1 Å². The number of hydrogen-bond acceptors (Lipinski definition) is 3. The van der Waals surface area contributed by atoms with Crippen molar-refractivity contribution in [1.82, 2.24) is 10.3 Å². The monoisotopic (exact) mass is 312 g/mol. The maximum atomic E-state index is 12.1. The Labute approximate surface area is 135 Å². The Morgan fingerprint density at radius 1 is 1.23 bits per heavy atom. The molecule has 3 rings (SSSR count). The molecule has 0 bridgehead atoms. The van der Waals surface area contributed by atoms with Crippen molar-refractivity contribution in [3.8, 4) is 0 Å². The summed E-state index contributed by atoms with van der Waals surface area (Å²) in [5.41, 5.74) is 4.00. The summed E-state index contributed by atoms with van der Waals surface area (Å²) in [5, 5.41) is 3.03. The first-order valence-electron chi connectivity index (χ1n) is 7.66. The minimum absolute atomic E-state index is 0.0103. The van der Waals surface area contributed by atoms with Gasteiger partial charge in [-0.1, -0.05) is 6.07 Å². The second-order valence-corrected chi connectivity index (χ2v) is 6.69. The van der Waals surface area contributed by atoms with Gasteiger partial charge in [-0.05, 0) is 67.1 Å². The Hall–Kier alpha value is -1.81. The number of carbonyl (C=O) groups is 1. The molecule has 1 atom stereocenters. The maximum Gasteiger partial charge on any atom is 0.230 e. The third kappa shape index (κ3) is 3.69. The van der Waals surface area contributed by atoms with Gasteiger partial charge in [-0.3, -0.25) is 9.78 Å². The van der Waals surface area contributed by atoms with Crippen molar-refractivity contribution < 1.29 is 4.79 Å². The van der Waals surface area contributed by atoms with E-state index in [1.54, 1.807) is 24.2 Å². The number of amides is 1. The van der Waals surface area contributed by atoms with Crippen LogP contribution in [0.2, 0.25) is 0 Å². The van der Waals surface area contributed by atoms with Crippen LogP contribution in [0.3, 0.4) is 0 Å². The summed E-state index contributed by atoms with van der Waals surface area (Å²) in [7, 11) is 0. The Morgan fingerprint density at radius 3 is 2.82 bits per heavy atom. The van der Waals surface area contributed by atoms with Gasteiger partial charge in [0.15, 0.2) is 0 Å². The lowest BCUT2D eigenvalue weighted by Crippen LogP contribution is -2.28. The highest BCUT2D eigenvalue weighted by Gasteiger charge is 2.13. The van der Waals surface area contributed by atoms with Gasteiger partial charge in [0, 0.05) is 17.3 Å². The van der Waals surface area contributed by atoms with Gasteiger partial charge in [0.2, 0.25) is 5.91 Å². The lowest BCUT2D eigenvalue weighted by Gasteiger charge is -2.14. The highest BCUT2D eigenvalue weighted by molar-refractivity contribution is 8.00. The van der Waals surface area contributed by atoms with Crippen LogP contribution in [-0.4, -0.2) is 16.6 Å². The zero-order valence-electron chi connectivity index (χ0n) is 12.7. The van der Waals surface area contributed by atoms with Gasteiger partial charge >= 0.3 is 0 Å². The SMILES string of the molecule is CC(NC(=O)CSc1ccc2c(c1)CCC2)c1ccncc1. The number of hydrogen-bond donors (Lipinski definition) is 1. The molecule has 1 amide bonds. The van der Waals surface area contributed by atoms with E-state index in [9.17, 15) is 4.79 Å². The molecule has 1 aliphatic carbocycles. The predicted molar refractivity (Wildman–Crippen MR) is 90.0 cm³/mol. The Morgan fingerprint density at radius 2 is 2.00 bits per heavy atom. The van der Waals surface area contributed by atoms with E-state index in [0.29, 0.717) is 5.75 Å². The van der Waals surface area contributed by atoms with E-state index in [0.717, 1.165) is 5.56 Å². The molecule has 4 heteroatoms. The summed E-state index contributed by atoms with van der Waals surface area (Å²) in [4.78, 5) is 17.3. The summed E-state index contributed by atoms with van der Waals surface area (Å²) in [6.07, 6.45) is 7.13. The normalized spacial score (nSPS) is 14.4. The molecule has 0 saturated heterocycles.